The fraction of sp³-hybridized carbons (Fsp3) is 0.235. The Bertz CT molecular complexity index is 654. The lowest BCUT2D eigenvalue weighted by Crippen LogP contribution is -2.22. The van der Waals surface area contributed by atoms with Gasteiger partial charge in [-0.1, -0.05) is 30.3 Å². The van der Waals surface area contributed by atoms with E-state index >= 15 is 0 Å². The number of hydrogen-bond donors (Lipinski definition) is 1. The van der Waals surface area contributed by atoms with Gasteiger partial charge in [0.05, 0.1) is 12.2 Å². The second kappa shape index (κ2) is 5.97. The van der Waals surface area contributed by atoms with E-state index in [9.17, 15) is 4.79 Å². The lowest BCUT2D eigenvalue weighted by atomic mass is 9.98. The summed E-state index contributed by atoms with van der Waals surface area (Å²) in [5, 5.41) is 0. The molecule has 1 atom stereocenters. The molecule has 0 aliphatic carbocycles. The number of ether oxygens (including phenoxy) is 2. The highest BCUT2D eigenvalue weighted by Crippen LogP contribution is 2.27. The molecule has 4 heteroatoms. The Morgan fingerprint density at radius 1 is 1.24 bits per heavy atom. The highest BCUT2D eigenvalue weighted by molar-refractivity contribution is 5.90. The Morgan fingerprint density at radius 3 is 2.95 bits per heavy atom. The number of esters is 1. The van der Waals surface area contributed by atoms with Crippen LogP contribution in [0.4, 0.5) is 5.69 Å². The maximum absolute atomic E-state index is 12.0. The average molecular weight is 283 g/mol. The monoisotopic (exact) mass is 283 g/mol. The minimum absolute atomic E-state index is 0.194. The van der Waals surface area contributed by atoms with Gasteiger partial charge in [-0.25, -0.2) is 4.79 Å². The molecule has 0 saturated carbocycles. The molecular weight excluding hydrogens is 266 g/mol. The van der Waals surface area contributed by atoms with Crippen LogP contribution in [-0.4, -0.2) is 19.2 Å². The number of hydrogen-bond acceptors (Lipinski definition) is 4. The van der Waals surface area contributed by atoms with Crippen molar-refractivity contribution in [2.75, 3.05) is 18.9 Å². The summed E-state index contributed by atoms with van der Waals surface area (Å²) in [4.78, 5) is 12.0. The zero-order valence-corrected chi connectivity index (χ0v) is 11.6. The first-order valence-corrected chi connectivity index (χ1v) is 6.96. The van der Waals surface area contributed by atoms with Crippen molar-refractivity contribution in [3.63, 3.8) is 0 Å². The van der Waals surface area contributed by atoms with E-state index < -0.39 is 0 Å². The van der Waals surface area contributed by atoms with Crippen LogP contribution in [0.2, 0.25) is 0 Å². The molecule has 21 heavy (non-hydrogen) atoms. The Morgan fingerprint density at radius 2 is 2.10 bits per heavy atom. The van der Waals surface area contributed by atoms with Gasteiger partial charge in [0, 0.05) is 5.69 Å². The summed E-state index contributed by atoms with van der Waals surface area (Å²) in [6.45, 7) is 0.863. The van der Waals surface area contributed by atoms with Crippen molar-refractivity contribution in [3.05, 3.63) is 65.2 Å². The van der Waals surface area contributed by atoms with Gasteiger partial charge in [-0.2, -0.15) is 0 Å². The van der Waals surface area contributed by atoms with E-state index in [0.29, 0.717) is 17.9 Å². The zero-order valence-electron chi connectivity index (χ0n) is 11.6. The van der Waals surface area contributed by atoms with Crippen LogP contribution in [-0.2, 0) is 15.9 Å². The van der Waals surface area contributed by atoms with Gasteiger partial charge in [0.25, 0.3) is 0 Å². The minimum atomic E-state index is -0.381. The van der Waals surface area contributed by atoms with E-state index in [0.717, 1.165) is 12.0 Å². The smallest absolute Gasteiger partial charge is 0.338 e. The van der Waals surface area contributed by atoms with Gasteiger partial charge in [-0.3, -0.25) is 0 Å². The lowest BCUT2D eigenvalue weighted by Gasteiger charge is -2.25. The molecule has 108 valence electrons. The summed E-state index contributed by atoms with van der Waals surface area (Å²) in [5.41, 5.74) is 9.03. The van der Waals surface area contributed by atoms with Crippen LogP contribution < -0.4 is 5.73 Å². The van der Waals surface area contributed by atoms with Crippen LogP contribution in [0, 0.1) is 0 Å². The Labute approximate surface area is 123 Å². The molecule has 0 radical (unpaired) electrons. The number of anilines is 1. The van der Waals surface area contributed by atoms with Crippen molar-refractivity contribution in [2.24, 2.45) is 0 Å². The molecule has 3 rings (SSSR count). The third-order valence-electron chi connectivity index (χ3n) is 3.58. The molecule has 2 aromatic rings. The number of rotatable bonds is 3. The topological polar surface area (TPSA) is 61.6 Å². The van der Waals surface area contributed by atoms with Gasteiger partial charge in [-0.15, -0.1) is 0 Å². The Hall–Kier alpha value is -2.33. The molecule has 1 unspecified atom stereocenters. The molecule has 0 fully saturated rings. The van der Waals surface area contributed by atoms with Crippen molar-refractivity contribution in [1.29, 1.82) is 0 Å². The summed E-state index contributed by atoms with van der Waals surface area (Å²) in [6.07, 6.45) is 0.704. The first kappa shape index (κ1) is 13.6. The van der Waals surface area contributed by atoms with E-state index in [1.165, 1.54) is 5.56 Å². The van der Waals surface area contributed by atoms with Crippen LogP contribution in [0.1, 0.15) is 27.6 Å². The minimum Gasteiger partial charge on any atom is -0.459 e. The molecule has 0 saturated heterocycles. The van der Waals surface area contributed by atoms with E-state index in [4.69, 9.17) is 15.2 Å². The molecule has 0 spiro atoms. The molecular formula is C17H17NO3. The summed E-state index contributed by atoms with van der Waals surface area (Å²) in [6, 6.07) is 14.9. The molecule has 0 amide bonds. The predicted octanol–water partition coefficient (Wildman–Crippen LogP) is 2.74. The van der Waals surface area contributed by atoms with Crippen molar-refractivity contribution in [2.45, 2.75) is 12.5 Å². The molecule has 0 aromatic heterocycles. The first-order chi connectivity index (χ1) is 10.2. The maximum Gasteiger partial charge on any atom is 0.338 e. The molecule has 1 heterocycles. The van der Waals surface area contributed by atoms with E-state index in [1.54, 1.807) is 24.3 Å². The molecule has 2 aromatic carbocycles. The summed E-state index contributed by atoms with van der Waals surface area (Å²) in [5.74, 6) is -0.381. The van der Waals surface area contributed by atoms with Crippen molar-refractivity contribution >= 4 is 11.7 Å². The van der Waals surface area contributed by atoms with Crippen molar-refractivity contribution in [3.8, 4) is 0 Å². The highest BCUT2D eigenvalue weighted by atomic mass is 16.6. The van der Waals surface area contributed by atoms with Gasteiger partial charge in [-0.05, 0) is 35.7 Å². The predicted molar refractivity (Wildman–Crippen MR) is 80.0 cm³/mol. The van der Waals surface area contributed by atoms with E-state index in [-0.39, 0.29) is 18.7 Å². The average Bonchev–Trinajstić information content (AvgIpc) is 2.52. The third-order valence-corrected chi connectivity index (χ3v) is 3.58. The highest BCUT2D eigenvalue weighted by Gasteiger charge is 2.22. The van der Waals surface area contributed by atoms with E-state index in [2.05, 4.69) is 6.07 Å². The fourth-order valence-electron chi connectivity index (χ4n) is 2.52. The van der Waals surface area contributed by atoms with Gasteiger partial charge in [0.15, 0.2) is 0 Å². The quantitative estimate of drug-likeness (QED) is 0.695. The Balaban J connectivity index is 1.67. The van der Waals surface area contributed by atoms with Gasteiger partial charge in [0.1, 0.15) is 12.7 Å². The number of nitrogen functional groups attached to an aromatic ring is 1. The van der Waals surface area contributed by atoms with Gasteiger partial charge < -0.3 is 15.2 Å². The second-order valence-corrected chi connectivity index (χ2v) is 5.03. The molecule has 1 aliphatic heterocycles. The number of benzene rings is 2. The molecule has 2 N–H and O–H groups in total. The number of carbonyl (C=O) groups excluding carboxylic acids is 1. The summed E-state index contributed by atoms with van der Waals surface area (Å²) >= 11 is 0. The number of nitrogens with two attached hydrogens (primary N) is 1. The summed E-state index contributed by atoms with van der Waals surface area (Å²) < 4.78 is 11.1. The molecule has 4 nitrogen and oxygen atoms in total. The lowest BCUT2D eigenvalue weighted by molar-refractivity contribution is -0.0153. The second-order valence-electron chi connectivity index (χ2n) is 5.03. The van der Waals surface area contributed by atoms with Crippen LogP contribution in [0.3, 0.4) is 0 Å². The maximum atomic E-state index is 12.0. The zero-order chi connectivity index (χ0) is 14.7. The van der Waals surface area contributed by atoms with Gasteiger partial charge >= 0.3 is 5.97 Å². The fourth-order valence-corrected chi connectivity index (χ4v) is 2.52. The normalized spacial score (nSPS) is 17.0. The van der Waals surface area contributed by atoms with Crippen molar-refractivity contribution in [1.82, 2.24) is 0 Å². The Kier molecular flexibility index (Phi) is 3.88. The van der Waals surface area contributed by atoms with Crippen LogP contribution >= 0.6 is 0 Å². The number of fused-ring (bicyclic) bond motifs is 1. The van der Waals surface area contributed by atoms with Gasteiger partial charge in [0.2, 0.25) is 0 Å². The van der Waals surface area contributed by atoms with Crippen LogP contribution in [0.5, 0.6) is 0 Å². The molecule has 1 aliphatic rings. The first-order valence-electron chi connectivity index (χ1n) is 6.96. The van der Waals surface area contributed by atoms with Crippen molar-refractivity contribution < 1.29 is 14.3 Å². The molecule has 0 bridgehead atoms. The standard InChI is InChI=1S/C17H17NO3/c18-14-6-3-5-13(10-14)17(19)21-11-16-15-7-2-1-4-12(15)8-9-20-16/h1-7,10,16H,8-9,11,18H2. The van der Waals surface area contributed by atoms with E-state index in [1.807, 2.05) is 18.2 Å². The van der Waals surface area contributed by atoms with Crippen LogP contribution in [0.25, 0.3) is 0 Å². The third kappa shape index (κ3) is 3.06. The summed E-state index contributed by atoms with van der Waals surface area (Å²) in [7, 11) is 0. The van der Waals surface area contributed by atoms with Crippen LogP contribution in [0.15, 0.2) is 48.5 Å². The number of carbonyl (C=O) groups is 1. The SMILES string of the molecule is Nc1cccc(C(=O)OCC2OCCc3ccccc32)c1. The largest absolute Gasteiger partial charge is 0.459 e.